The molecule has 1 heterocycles. The smallest absolute Gasteiger partial charge is 0.229 e. The lowest BCUT2D eigenvalue weighted by Crippen LogP contribution is -2.60. The van der Waals surface area contributed by atoms with Crippen molar-refractivity contribution in [2.45, 2.75) is 43.5 Å². The van der Waals surface area contributed by atoms with Crippen LogP contribution in [0.25, 0.3) is 0 Å². The minimum absolute atomic E-state index is 0.0156. The van der Waals surface area contributed by atoms with Crippen molar-refractivity contribution in [3.05, 3.63) is 41.5 Å². The van der Waals surface area contributed by atoms with E-state index >= 15 is 0 Å². The summed E-state index contributed by atoms with van der Waals surface area (Å²) in [5.74, 6) is 1.14. The Morgan fingerprint density at radius 1 is 0.788 bits per heavy atom. The van der Waals surface area contributed by atoms with Gasteiger partial charge in [0, 0.05) is 0 Å². The van der Waals surface area contributed by atoms with Gasteiger partial charge in [0.25, 0.3) is 0 Å². The molecule has 0 radical (unpaired) electrons. The molecular formula is C23H30O10. The van der Waals surface area contributed by atoms with Gasteiger partial charge in [0.1, 0.15) is 24.4 Å². The number of phenols is 1. The van der Waals surface area contributed by atoms with E-state index in [2.05, 4.69) is 0 Å². The molecule has 0 aromatic heterocycles. The van der Waals surface area contributed by atoms with Gasteiger partial charge in [-0.2, -0.15) is 0 Å². The first kappa shape index (κ1) is 24.9. The van der Waals surface area contributed by atoms with Crippen molar-refractivity contribution in [3.63, 3.8) is 0 Å². The zero-order chi connectivity index (χ0) is 24.1. The minimum atomic E-state index is -1.59. The summed E-state index contributed by atoms with van der Waals surface area (Å²) in [4.78, 5) is 0. The molecule has 1 saturated heterocycles. The fourth-order valence-electron chi connectivity index (χ4n) is 3.69. The molecule has 0 aliphatic carbocycles. The Balaban J connectivity index is 1.80. The number of phenolic OH excluding ortho intramolecular Hbond substituents is 1. The van der Waals surface area contributed by atoms with Crippen molar-refractivity contribution >= 4 is 0 Å². The Hall–Kier alpha value is -2.76. The largest absolute Gasteiger partial charge is 0.504 e. The van der Waals surface area contributed by atoms with Crippen LogP contribution >= 0.6 is 0 Å². The highest BCUT2D eigenvalue weighted by atomic mass is 16.7. The van der Waals surface area contributed by atoms with E-state index in [0.717, 1.165) is 5.56 Å². The summed E-state index contributed by atoms with van der Waals surface area (Å²) in [6.45, 7) is -0.585. The van der Waals surface area contributed by atoms with Crippen LogP contribution in [0.4, 0.5) is 0 Å². The number of aryl methyl sites for hydroxylation is 2. The molecule has 5 N–H and O–H groups in total. The Morgan fingerprint density at radius 2 is 1.45 bits per heavy atom. The van der Waals surface area contributed by atoms with Crippen molar-refractivity contribution in [2.75, 3.05) is 27.9 Å². The summed E-state index contributed by atoms with van der Waals surface area (Å²) in [5, 5.41) is 50.0. The number of rotatable bonds is 9. The number of aromatic hydroxyl groups is 1. The summed E-state index contributed by atoms with van der Waals surface area (Å²) in [6.07, 6.45) is -6.08. The van der Waals surface area contributed by atoms with E-state index in [1.54, 1.807) is 26.4 Å². The van der Waals surface area contributed by atoms with Crippen LogP contribution in [0.1, 0.15) is 11.1 Å². The molecule has 10 heteroatoms. The van der Waals surface area contributed by atoms with Crippen LogP contribution in [0, 0.1) is 0 Å². The van der Waals surface area contributed by atoms with E-state index < -0.39 is 37.3 Å². The van der Waals surface area contributed by atoms with Crippen molar-refractivity contribution in [1.29, 1.82) is 0 Å². The van der Waals surface area contributed by atoms with Gasteiger partial charge in [-0.1, -0.05) is 6.07 Å². The molecule has 10 nitrogen and oxygen atoms in total. The maximum absolute atomic E-state index is 10.4. The third-order valence-corrected chi connectivity index (χ3v) is 5.54. The van der Waals surface area contributed by atoms with Gasteiger partial charge in [0.2, 0.25) is 12.0 Å². The summed E-state index contributed by atoms with van der Waals surface area (Å²) >= 11 is 0. The minimum Gasteiger partial charge on any atom is -0.504 e. The molecule has 2 aromatic rings. The Labute approximate surface area is 191 Å². The van der Waals surface area contributed by atoms with Crippen LogP contribution in [-0.2, 0) is 17.6 Å². The average Bonchev–Trinajstić information content (AvgIpc) is 2.82. The van der Waals surface area contributed by atoms with Crippen molar-refractivity contribution in [1.82, 2.24) is 0 Å². The number of methoxy groups -OCH3 is 3. The molecule has 2 aromatic carbocycles. The molecule has 0 amide bonds. The highest BCUT2D eigenvalue weighted by Gasteiger charge is 2.45. The predicted octanol–water partition coefficient (Wildman–Crippen LogP) is 0.382. The topological polar surface area (TPSA) is 147 Å². The first-order valence-corrected chi connectivity index (χ1v) is 10.4. The lowest BCUT2D eigenvalue weighted by Gasteiger charge is -2.39. The molecule has 1 fully saturated rings. The van der Waals surface area contributed by atoms with E-state index in [-0.39, 0.29) is 17.2 Å². The van der Waals surface area contributed by atoms with Crippen LogP contribution in [0.15, 0.2) is 30.3 Å². The molecule has 33 heavy (non-hydrogen) atoms. The zero-order valence-electron chi connectivity index (χ0n) is 18.7. The summed E-state index contributed by atoms with van der Waals surface area (Å²) in [5.41, 5.74) is 1.70. The van der Waals surface area contributed by atoms with Crippen LogP contribution < -0.4 is 18.9 Å². The second-order valence-electron chi connectivity index (χ2n) is 7.65. The van der Waals surface area contributed by atoms with Crippen molar-refractivity contribution < 1.29 is 49.2 Å². The number of aliphatic hydroxyl groups is 4. The maximum atomic E-state index is 10.4. The molecule has 1 aliphatic heterocycles. The first-order chi connectivity index (χ1) is 15.8. The van der Waals surface area contributed by atoms with Gasteiger partial charge in [0.15, 0.2) is 23.0 Å². The lowest BCUT2D eigenvalue weighted by molar-refractivity contribution is -0.277. The van der Waals surface area contributed by atoms with Gasteiger partial charge in [-0.3, -0.25) is 0 Å². The molecule has 0 unspecified atom stereocenters. The van der Waals surface area contributed by atoms with Gasteiger partial charge < -0.3 is 49.2 Å². The van der Waals surface area contributed by atoms with Gasteiger partial charge in [-0.15, -0.1) is 0 Å². The molecule has 182 valence electrons. The molecule has 1 aliphatic rings. The number of benzene rings is 2. The average molecular weight is 466 g/mol. The molecule has 0 spiro atoms. The molecule has 0 bridgehead atoms. The van der Waals surface area contributed by atoms with Crippen LogP contribution in [0.3, 0.4) is 0 Å². The predicted molar refractivity (Wildman–Crippen MR) is 116 cm³/mol. The SMILES string of the molecule is COc1ccc(CCc2cc(O)c(OC)c(O[C@@H]3O[C@H](CO)[C@@H](O)[C@H](O)[C@H]3O)c2)cc1OC. The molecular weight excluding hydrogens is 436 g/mol. The second kappa shape index (κ2) is 10.9. The van der Waals surface area contributed by atoms with Crippen LogP contribution in [0.2, 0.25) is 0 Å². The van der Waals surface area contributed by atoms with Gasteiger partial charge in [-0.05, 0) is 48.2 Å². The Morgan fingerprint density at radius 3 is 2.09 bits per heavy atom. The van der Waals surface area contributed by atoms with Gasteiger partial charge >= 0.3 is 0 Å². The monoisotopic (exact) mass is 466 g/mol. The van der Waals surface area contributed by atoms with E-state index in [1.165, 1.54) is 7.11 Å². The number of hydrogen-bond donors (Lipinski definition) is 5. The zero-order valence-corrected chi connectivity index (χ0v) is 18.7. The number of hydrogen-bond acceptors (Lipinski definition) is 10. The van der Waals surface area contributed by atoms with E-state index in [0.29, 0.717) is 29.9 Å². The third-order valence-electron chi connectivity index (χ3n) is 5.54. The lowest BCUT2D eigenvalue weighted by atomic mass is 9.99. The standard InChI is InChI=1S/C23H30O10/c1-29-15-7-6-12(9-16(15)30-2)4-5-13-8-14(25)22(31-3)17(10-13)32-23-21(28)20(27)19(26)18(11-24)33-23/h6-10,18-21,23-28H,4-5,11H2,1-3H3/t18-,19-,20+,21-,23-/m1/s1. The second-order valence-corrected chi connectivity index (χ2v) is 7.65. The molecule has 0 saturated carbocycles. The van der Waals surface area contributed by atoms with E-state index in [1.807, 2.05) is 18.2 Å². The van der Waals surface area contributed by atoms with Crippen LogP contribution in [-0.4, -0.2) is 84.2 Å². The van der Waals surface area contributed by atoms with Gasteiger partial charge in [-0.25, -0.2) is 0 Å². The fraction of sp³-hybridized carbons (Fsp3) is 0.478. The normalized spacial score (nSPS) is 24.9. The fourth-order valence-corrected chi connectivity index (χ4v) is 3.69. The molecule has 3 rings (SSSR count). The summed E-state index contributed by atoms with van der Waals surface area (Å²) in [6, 6.07) is 8.76. The Bertz CT molecular complexity index is 932. The summed E-state index contributed by atoms with van der Waals surface area (Å²) in [7, 11) is 4.47. The maximum Gasteiger partial charge on any atom is 0.229 e. The highest BCUT2D eigenvalue weighted by molar-refractivity contribution is 5.53. The first-order valence-electron chi connectivity index (χ1n) is 10.4. The van der Waals surface area contributed by atoms with Crippen molar-refractivity contribution in [3.8, 4) is 28.7 Å². The quantitative estimate of drug-likeness (QED) is 0.351. The molecule has 5 atom stereocenters. The van der Waals surface area contributed by atoms with Crippen molar-refractivity contribution in [2.24, 2.45) is 0 Å². The van der Waals surface area contributed by atoms with Gasteiger partial charge in [0.05, 0.1) is 27.9 Å². The van der Waals surface area contributed by atoms with E-state index in [4.69, 9.17) is 23.7 Å². The van der Waals surface area contributed by atoms with Crippen LogP contribution in [0.5, 0.6) is 28.7 Å². The Kier molecular flexibility index (Phi) is 8.22. The van der Waals surface area contributed by atoms with E-state index in [9.17, 15) is 25.5 Å². The highest BCUT2D eigenvalue weighted by Crippen LogP contribution is 2.40. The third kappa shape index (κ3) is 5.43. The number of ether oxygens (including phenoxy) is 5. The number of aliphatic hydroxyl groups excluding tert-OH is 4. The summed E-state index contributed by atoms with van der Waals surface area (Å²) < 4.78 is 26.9.